The normalized spacial score (nSPS) is 14.2. The highest BCUT2D eigenvalue weighted by Gasteiger charge is 2.43. The summed E-state index contributed by atoms with van der Waals surface area (Å²) in [6, 6.07) is 52.0. The molecule has 1 heteroatoms. The van der Waals surface area contributed by atoms with Crippen LogP contribution >= 0.6 is 0 Å². The van der Waals surface area contributed by atoms with Gasteiger partial charge in [-0.1, -0.05) is 147 Å². The van der Waals surface area contributed by atoms with E-state index in [9.17, 15) is 0 Å². The minimum Gasteiger partial charge on any atom is -0.310 e. The van der Waals surface area contributed by atoms with E-state index in [0.29, 0.717) is 0 Å². The summed E-state index contributed by atoms with van der Waals surface area (Å²) in [6.07, 6.45) is 0. The van der Waals surface area contributed by atoms with Crippen LogP contribution in [0.2, 0.25) is 0 Å². The predicted octanol–water partition coefficient (Wildman–Crippen LogP) is 16.6. The summed E-state index contributed by atoms with van der Waals surface area (Å²) in [6.45, 7) is 27.6. The molecule has 0 saturated carbocycles. The lowest BCUT2D eigenvalue weighted by Crippen LogP contribution is -2.18. The number of rotatable bonds is 6. The van der Waals surface area contributed by atoms with Crippen LogP contribution in [-0.4, -0.2) is 0 Å². The molecule has 0 radical (unpaired) electrons. The van der Waals surface area contributed by atoms with Gasteiger partial charge in [-0.2, -0.15) is 0 Å². The van der Waals surface area contributed by atoms with Crippen molar-refractivity contribution in [1.29, 1.82) is 0 Å². The molecule has 2 aliphatic rings. The van der Waals surface area contributed by atoms with Gasteiger partial charge >= 0.3 is 0 Å². The van der Waals surface area contributed by atoms with Gasteiger partial charge in [-0.15, -0.1) is 0 Å². The highest BCUT2D eigenvalue weighted by Crippen LogP contribution is 2.59. The molecule has 10 rings (SSSR count). The molecule has 308 valence electrons. The summed E-state index contributed by atoms with van der Waals surface area (Å²) in [4.78, 5) is 2.48. The number of benzene rings is 8. The summed E-state index contributed by atoms with van der Waals surface area (Å²) in [5.74, 6) is 0.0999. The minimum absolute atomic E-state index is 0.0999. The van der Waals surface area contributed by atoms with E-state index >= 15 is 0 Å². The Kier molecular flexibility index (Phi) is 9.13. The number of aryl methyl sites for hydroxylation is 8. The van der Waals surface area contributed by atoms with Crippen LogP contribution in [0.5, 0.6) is 0 Å². The molecule has 8 aromatic rings. The van der Waals surface area contributed by atoms with Crippen molar-refractivity contribution in [2.75, 3.05) is 4.90 Å². The molecule has 0 amide bonds. The highest BCUT2D eigenvalue weighted by molar-refractivity contribution is 6.05. The molecule has 0 saturated heterocycles. The fraction of sp³-hybridized carbons (Fsp3) is 0.246. The Hall–Kier alpha value is -6.18. The van der Waals surface area contributed by atoms with Crippen LogP contribution in [0.4, 0.5) is 17.1 Å². The topological polar surface area (TPSA) is 3.24 Å². The molecular weight excluding hydrogens is 747 g/mol. The molecule has 0 heterocycles. The highest BCUT2D eigenvalue weighted by atomic mass is 15.1. The van der Waals surface area contributed by atoms with Gasteiger partial charge in [-0.05, 0) is 186 Å². The van der Waals surface area contributed by atoms with Crippen molar-refractivity contribution < 1.29 is 0 Å². The lowest BCUT2D eigenvalue weighted by Gasteiger charge is -2.30. The van der Waals surface area contributed by atoms with Crippen LogP contribution in [0.1, 0.15) is 117 Å². The standard InChI is InChI=1S/C61H59N/c1-35-17-22-44(39(5)27-35)58(45-23-18-36(2)28-40(45)6)50-33-55-59(48-16-14-13-15-46(48)50)51-34-53-49(32-54(51)61(55,11)12)47-24-21-43(31-52(47)60(53,9)10)62(56-25-19-37(3)29-41(56)7)57-26-20-38(4)30-42(57)8/h13-34,58H,1-12H3. The van der Waals surface area contributed by atoms with E-state index in [2.05, 4.69) is 221 Å². The second kappa shape index (κ2) is 14.2. The molecule has 8 aromatic carbocycles. The van der Waals surface area contributed by atoms with Crippen molar-refractivity contribution >= 4 is 27.8 Å². The SMILES string of the molecule is Cc1ccc(C(c2ccc(C)cc2C)c2cc3c(c4ccccc24)-c2cc4c(cc2C3(C)C)-c2ccc(N(c3ccc(C)cc3C)c3ccc(C)cc3C)cc2C4(C)C)c(C)c1. The Balaban J connectivity index is 1.16. The molecule has 0 aliphatic heterocycles. The molecule has 0 unspecified atom stereocenters. The quantitative estimate of drug-likeness (QED) is 0.151. The fourth-order valence-electron chi connectivity index (χ4n) is 11.5. The van der Waals surface area contributed by atoms with Crippen molar-refractivity contribution in [3.63, 3.8) is 0 Å². The maximum Gasteiger partial charge on any atom is 0.0491 e. The molecule has 0 atom stereocenters. The van der Waals surface area contributed by atoms with Gasteiger partial charge in [0.15, 0.2) is 0 Å². The molecule has 0 N–H and O–H groups in total. The smallest absolute Gasteiger partial charge is 0.0491 e. The molecule has 0 spiro atoms. The maximum atomic E-state index is 2.60. The lowest BCUT2D eigenvalue weighted by atomic mass is 9.75. The van der Waals surface area contributed by atoms with Crippen LogP contribution < -0.4 is 4.90 Å². The summed E-state index contributed by atoms with van der Waals surface area (Å²) < 4.78 is 0. The van der Waals surface area contributed by atoms with Gasteiger partial charge in [-0.3, -0.25) is 0 Å². The Morgan fingerprint density at radius 2 is 0.839 bits per heavy atom. The van der Waals surface area contributed by atoms with Crippen LogP contribution in [0, 0.1) is 55.4 Å². The average molecular weight is 806 g/mol. The van der Waals surface area contributed by atoms with Crippen molar-refractivity contribution in [2.24, 2.45) is 0 Å². The number of hydrogen-bond acceptors (Lipinski definition) is 1. The first-order valence-corrected chi connectivity index (χ1v) is 22.5. The van der Waals surface area contributed by atoms with Crippen LogP contribution in [-0.2, 0) is 10.8 Å². The van der Waals surface area contributed by atoms with Gasteiger partial charge in [0.05, 0.1) is 0 Å². The number of anilines is 3. The van der Waals surface area contributed by atoms with Gasteiger partial charge in [0.2, 0.25) is 0 Å². The zero-order chi connectivity index (χ0) is 43.6. The predicted molar refractivity (Wildman–Crippen MR) is 265 cm³/mol. The molecule has 1 nitrogen and oxygen atoms in total. The molecule has 0 bridgehead atoms. The third-order valence-electron chi connectivity index (χ3n) is 14.7. The number of nitrogens with zero attached hydrogens (tertiary/aromatic N) is 1. The monoisotopic (exact) mass is 805 g/mol. The minimum atomic E-state index is -0.205. The van der Waals surface area contributed by atoms with E-state index in [1.165, 1.54) is 134 Å². The molecule has 2 aliphatic carbocycles. The van der Waals surface area contributed by atoms with E-state index in [1.54, 1.807) is 0 Å². The summed E-state index contributed by atoms with van der Waals surface area (Å²) >= 11 is 0. The Morgan fingerprint density at radius 3 is 1.39 bits per heavy atom. The van der Waals surface area contributed by atoms with Crippen molar-refractivity contribution in [3.05, 3.63) is 217 Å². The van der Waals surface area contributed by atoms with Crippen molar-refractivity contribution in [3.8, 4) is 22.3 Å². The van der Waals surface area contributed by atoms with Gasteiger partial charge < -0.3 is 4.90 Å². The molecule has 0 aromatic heterocycles. The van der Waals surface area contributed by atoms with Crippen LogP contribution in [0.25, 0.3) is 33.0 Å². The first-order chi connectivity index (χ1) is 29.5. The fourth-order valence-corrected chi connectivity index (χ4v) is 11.5. The van der Waals surface area contributed by atoms with E-state index in [4.69, 9.17) is 0 Å². The first kappa shape index (κ1) is 39.9. The number of hydrogen-bond donors (Lipinski definition) is 0. The Bertz CT molecular complexity index is 3070. The second-order valence-electron chi connectivity index (χ2n) is 19.9. The average Bonchev–Trinajstić information content (AvgIpc) is 3.58. The Morgan fingerprint density at radius 1 is 0.371 bits per heavy atom. The summed E-state index contributed by atoms with van der Waals surface area (Å²) in [7, 11) is 0. The second-order valence-corrected chi connectivity index (χ2v) is 19.9. The van der Waals surface area contributed by atoms with Gasteiger partial charge in [-0.25, -0.2) is 0 Å². The van der Waals surface area contributed by atoms with Gasteiger partial charge in [0.25, 0.3) is 0 Å². The van der Waals surface area contributed by atoms with E-state index in [1.807, 2.05) is 0 Å². The summed E-state index contributed by atoms with van der Waals surface area (Å²) in [5, 5.41) is 2.69. The van der Waals surface area contributed by atoms with Crippen LogP contribution in [0.15, 0.2) is 133 Å². The van der Waals surface area contributed by atoms with E-state index in [0.717, 1.165) is 0 Å². The van der Waals surface area contributed by atoms with E-state index < -0.39 is 0 Å². The zero-order valence-corrected chi connectivity index (χ0v) is 38.7. The number of fused-ring (bicyclic) bond motifs is 8. The largest absolute Gasteiger partial charge is 0.310 e. The lowest BCUT2D eigenvalue weighted by molar-refractivity contribution is 0.651. The van der Waals surface area contributed by atoms with Gasteiger partial charge in [0.1, 0.15) is 0 Å². The van der Waals surface area contributed by atoms with Gasteiger partial charge in [0, 0.05) is 33.8 Å². The molecular formula is C61H59N. The zero-order valence-electron chi connectivity index (χ0n) is 38.7. The van der Waals surface area contributed by atoms with Crippen LogP contribution in [0.3, 0.4) is 0 Å². The Labute approximate surface area is 370 Å². The van der Waals surface area contributed by atoms with Crippen molar-refractivity contribution in [1.82, 2.24) is 0 Å². The summed E-state index contributed by atoms with van der Waals surface area (Å²) in [5.41, 5.74) is 28.9. The van der Waals surface area contributed by atoms with Crippen molar-refractivity contribution in [2.45, 2.75) is 99.8 Å². The van der Waals surface area contributed by atoms with E-state index in [-0.39, 0.29) is 16.7 Å². The third kappa shape index (κ3) is 6.03. The molecule has 0 fully saturated rings. The molecule has 62 heavy (non-hydrogen) atoms. The maximum absolute atomic E-state index is 2.60. The first-order valence-electron chi connectivity index (χ1n) is 22.5. The third-order valence-corrected chi connectivity index (χ3v) is 14.7.